The highest BCUT2D eigenvalue weighted by molar-refractivity contribution is 9.10. The van der Waals surface area contributed by atoms with E-state index in [1.165, 1.54) is 5.56 Å². The number of amides is 1. The van der Waals surface area contributed by atoms with Crippen LogP contribution in [0.25, 0.3) is 0 Å². The number of carbonyl (C=O) groups is 1. The Bertz CT molecular complexity index is 645. The highest BCUT2D eigenvalue weighted by Crippen LogP contribution is 2.18. The maximum Gasteiger partial charge on any atom is 0.237 e. The third-order valence-electron chi connectivity index (χ3n) is 4.08. The van der Waals surface area contributed by atoms with Gasteiger partial charge in [-0.1, -0.05) is 64.5 Å². The Morgan fingerprint density at radius 3 is 2.35 bits per heavy atom. The van der Waals surface area contributed by atoms with Crippen molar-refractivity contribution in [1.82, 2.24) is 10.2 Å². The number of nitrogens with one attached hydrogen (secondary N) is 1. The molecule has 2 aromatic carbocycles. The molecule has 122 valence electrons. The minimum absolute atomic E-state index is 0.00279. The van der Waals surface area contributed by atoms with Crippen molar-refractivity contribution in [2.24, 2.45) is 0 Å². The molecule has 2 unspecified atom stereocenters. The third kappa shape index (κ3) is 4.91. The molecule has 0 saturated heterocycles. The molecule has 0 aromatic heterocycles. The van der Waals surface area contributed by atoms with E-state index in [0.717, 1.165) is 16.6 Å². The van der Waals surface area contributed by atoms with Gasteiger partial charge in [0.2, 0.25) is 5.91 Å². The van der Waals surface area contributed by atoms with Crippen LogP contribution in [-0.2, 0) is 11.3 Å². The normalized spacial score (nSPS) is 13.6. The molecule has 2 rings (SSSR count). The van der Waals surface area contributed by atoms with Gasteiger partial charge in [0, 0.05) is 11.0 Å². The van der Waals surface area contributed by atoms with Crippen LogP contribution in [0, 0.1) is 0 Å². The smallest absolute Gasteiger partial charge is 0.237 e. The van der Waals surface area contributed by atoms with Crippen molar-refractivity contribution < 1.29 is 4.79 Å². The second kappa shape index (κ2) is 8.27. The molecule has 0 radical (unpaired) electrons. The number of carbonyl (C=O) groups excluding carboxylic acids is 1. The number of likely N-dealkylation sites (N-methyl/N-ethyl adjacent to an activating group) is 1. The van der Waals surface area contributed by atoms with E-state index in [-0.39, 0.29) is 18.0 Å². The van der Waals surface area contributed by atoms with Gasteiger partial charge < -0.3 is 5.32 Å². The summed E-state index contributed by atoms with van der Waals surface area (Å²) in [6.45, 7) is 4.66. The van der Waals surface area contributed by atoms with Gasteiger partial charge in [-0.3, -0.25) is 9.69 Å². The Morgan fingerprint density at radius 2 is 1.70 bits per heavy atom. The molecule has 0 spiro atoms. The van der Waals surface area contributed by atoms with Gasteiger partial charge in [0.15, 0.2) is 0 Å². The van der Waals surface area contributed by atoms with Crippen LogP contribution in [0.1, 0.15) is 31.0 Å². The Labute approximate surface area is 146 Å². The van der Waals surface area contributed by atoms with Gasteiger partial charge in [0.1, 0.15) is 0 Å². The molecule has 0 aliphatic carbocycles. The predicted molar refractivity (Wildman–Crippen MR) is 98.1 cm³/mol. The van der Waals surface area contributed by atoms with Crippen LogP contribution in [-0.4, -0.2) is 23.9 Å². The second-order valence-corrected chi connectivity index (χ2v) is 6.68. The lowest BCUT2D eigenvalue weighted by Gasteiger charge is -2.26. The molecule has 2 atom stereocenters. The summed E-state index contributed by atoms with van der Waals surface area (Å²) in [6, 6.07) is 17.9. The average molecular weight is 375 g/mol. The second-order valence-electron chi connectivity index (χ2n) is 5.82. The van der Waals surface area contributed by atoms with Crippen LogP contribution >= 0.6 is 15.9 Å². The fraction of sp³-hybridized carbons (Fsp3) is 0.316. The number of rotatable bonds is 6. The number of nitrogens with zero attached hydrogens (tertiary/aromatic N) is 1. The molecule has 0 fully saturated rings. The summed E-state index contributed by atoms with van der Waals surface area (Å²) in [5.41, 5.74) is 2.28. The number of halogens is 1. The Kier molecular flexibility index (Phi) is 6.37. The van der Waals surface area contributed by atoms with Crippen LogP contribution in [0.4, 0.5) is 0 Å². The standard InChI is InChI=1S/C19H23BrN2O/c1-14(16-9-5-4-6-10-16)21-19(23)15(2)22(3)13-17-11-7-8-12-18(17)20/h4-12,14-15H,13H2,1-3H3,(H,21,23). The van der Waals surface area contributed by atoms with Crippen LogP contribution in [0.2, 0.25) is 0 Å². The van der Waals surface area contributed by atoms with Crippen LogP contribution in [0.15, 0.2) is 59.1 Å². The fourth-order valence-electron chi connectivity index (χ4n) is 2.39. The molecule has 0 aliphatic rings. The van der Waals surface area contributed by atoms with Gasteiger partial charge in [-0.25, -0.2) is 0 Å². The van der Waals surface area contributed by atoms with Crippen molar-refractivity contribution in [3.05, 3.63) is 70.2 Å². The van der Waals surface area contributed by atoms with Gasteiger partial charge in [0.05, 0.1) is 12.1 Å². The van der Waals surface area contributed by atoms with E-state index in [2.05, 4.69) is 27.3 Å². The molecule has 0 saturated carbocycles. The Balaban J connectivity index is 1.95. The molecular weight excluding hydrogens is 352 g/mol. The first-order valence-electron chi connectivity index (χ1n) is 7.78. The average Bonchev–Trinajstić information content (AvgIpc) is 2.56. The maximum absolute atomic E-state index is 12.5. The van der Waals surface area contributed by atoms with E-state index in [1.807, 2.05) is 74.3 Å². The molecule has 1 amide bonds. The summed E-state index contributed by atoms with van der Waals surface area (Å²) in [5, 5.41) is 3.08. The highest BCUT2D eigenvalue weighted by atomic mass is 79.9. The van der Waals surface area contributed by atoms with Gasteiger partial charge in [-0.2, -0.15) is 0 Å². The minimum Gasteiger partial charge on any atom is -0.348 e. The Hall–Kier alpha value is -1.65. The fourth-order valence-corrected chi connectivity index (χ4v) is 2.80. The van der Waals surface area contributed by atoms with E-state index in [0.29, 0.717) is 0 Å². The van der Waals surface area contributed by atoms with Crippen molar-refractivity contribution in [3.8, 4) is 0 Å². The topological polar surface area (TPSA) is 32.3 Å². The highest BCUT2D eigenvalue weighted by Gasteiger charge is 2.20. The first kappa shape index (κ1) is 17.7. The molecule has 0 aliphatic heterocycles. The van der Waals surface area contributed by atoms with Crippen molar-refractivity contribution in [1.29, 1.82) is 0 Å². The first-order valence-corrected chi connectivity index (χ1v) is 8.57. The van der Waals surface area contributed by atoms with Crippen molar-refractivity contribution in [2.45, 2.75) is 32.5 Å². The molecule has 0 bridgehead atoms. The number of hydrogen-bond acceptors (Lipinski definition) is 2. The zero-order chi connectivity index (χ0) is 16.8. The van der Waals surface area contributed by atoms with E-state index in [4.69, 9.17) is 0 Å². The van der Waals surface area contributed by atoms with Crippen molar-refractivity contribution in [3.63, 3.8) is 0 Å². The molecule has 3 nitrogen and oxygen atoms in total. The lowest BCUT2D eigenvalue weighted by Crippen LogP contribution is -2.43. The number of benzene rings is 2. The summed E-state index contributed by atoms with van der Waals surface area (Å²) in [4.78, 5) is 14.5. The molecule has 2 aromatic rings. The van der Waals surface area contributed by atoms with Gasteiger partial charge in [-0.05, 0) is 38.1 Å². The van der Waals surface area contributed by atoms with E-state index >= 15 is 0 Å². The molecule has 4 heteroatoms. The van der Waals surface area contributed by atoms with Crippen LogP contribution < -0.4 is 5.32 Å². The number of hydrogen-bond donors (Lipinski definition) is 1. The van der Waals surface area contributed by atoms with Crippen LogP contribution in [0.5, 0.6) is 0 Å². The van der Waals surface area contributed by atoms with E-state index in [1.54, 1.807) is 0 Å². The molecular formula is C19H23BrN2O. The predicted octanol–water partition coefficient (Wildman–Crippen LogP) is 4.15. The summed E-state index contributed by atoms with van der Waals surface area (Å²) in [6.07, 6.45) is 0. The zero-order valence-electron chi connectivity index (χ0n) is 13.8. The van der Waals surface area contributed by atoms with Gasteiger partial charge >= 0.3 is 0 Å². The van der Waals surface area contributed by atoms with Crippen LogP contribution in [0.3, 0.4) is 0 Å². The quantitative estimate of drug-likeness (QED) is 0.823. The summed E-state index contributed by atoms with van der Waals surface area (Å²) in [5.74, 6) is 0.0379. The van der Waals surface area contributed by atoms with E-state index < -0.39 is 0 Å². The van der Waals surface area contributed by atoms with E-state index in [9.17, 15) is 4.79 Å². The largest absolute Gasteiger partial charge is 0.348 e. The third-order valence-corrected chi connectivity index (χ3v) is 4.85. The van der Waals surface area contributed by atoms with Gasteiger partial charge in [0.25, 0.3) is 0 Å². The monoisotopic (exact) mass is 374 g/mol. The maximum atomic E-state index is 12.5. The first-order chi connectivity index (χ1) is 11.0. The summed E-state index contributed by atoms with van der Waals surface area (Å²) >= 11 is 3.55. The van der Waals surface area contributed by atoms with Gasteiger partial charge in [-0.15, -0.1) is 0 Å². The lowest BCUT2D eigenvalue weighted by molar-refractivity contribution is -0.126. The molecule has 1 N–H and O–H groups in total. The SMILES string of the molecule is CC(NC(=O)C(C)N(C)Cc1ccccc1Br)c1ccccc1. The molecule has 23 heavy (non-hydrogen) atoms. The Morgan fingerprint density at radius 1 is 1.09 bits per heavy atom. The lowest BCUT2D eigenvalue weighted by atomic mass is 10.1. The van der Waals surface area contributed by atoms with Crippen molar-refractivity contribution in [2.75, 3.05) is 7.05 Å². The van der Waals surface area contributed by atoms with Crippen molar-refractivity contribution >= 4 is 21.8 Å². The summed E-state index contributed by atoms with van der Waals surface area (Å²) in [7, 11) is 1.97. The molecule has 0 heterocycles. The minimum atomic E-state index is -0.201. The summed E-state index contributed by atoms with van der Waals surface area (Å²) < 4.78 is 1.07. The zero-order valence-corrected chi connectivity index (χ0v) is 15.4.